The van der Waals surface area contributed by atoms with Crippen LogP contribution >= 0.6 is 35.0 Å². The highest BCUT2D eigenvalue weighted by molar-refractivity contribution is 8.00. The average molecular weight is 299 g/mol. The summed E-state index contributed by atoms with van der Waals surface area (Å²) in [5, 5.41) is 16.9. The molecule has 0 spiro atoms. The third-order valence-electron chi connectivity index (χ3n) is 2.06. The predicted molar refractivity (Wildman–Crippen MR) is 72.8 cm³/mol. The monoisotopic (exact) mass is 298 g/mol. The highest BCUT2D eigenvalue weighted by atomic mass is 35.5. The van der Waals surface area contributed by atoms with Crippen LogP contribution in [0, 0.1) is 11.3 Å². The van der Waals surface area contributed by atoms with E-state index in [1.54, 1.807) is 25.1 Å². The second-order valence-corrected chi connectivity index (χ2v) is 5.69. The lowest BCUT2D eigenvalue weighted by atomic mass is 10.2. The van der Waals surface area contributed by atoms with Gasteiger partial charge in [0.25, 0.3) is 0 Å². The average Bonchev–Trinajstić information content (AvgIpc) is 2.76. The number of aromatic nitrogens is 3. The highest BCUT2D eigenvalue weighted by Crippen LogP contribution is 2.27. The summed E-state index contributed by atoms with van der Waals surface area (Å²) < 4.78 is 0. The van der Waals surface area contributed by atoms with Crippen LogP contribution in [0.5, 0.6) is 0 Å². The molecule has 0 aliphatic rings. The van der Waals surface area contributed by atoms with Gasteiger partial charge in [-0.05, 0) is 25.1 Å². The normalized spacial score (nSPS) is 12.1. The molecule has 0 radical (unpaired) electrons. The number of nitrogens with zero attached hydrogens (tertiary/aromatic N) is 3. The van der Waals surface area contributed by atoms with Crippen molar-refractivity contribution in [3.8, 4) is 17.5 Å². The zero-order chi connectivity index (χ0) is 13.1. The molecule has 0 amide bonds. The maximum absolute atomic E-state index is 8.72. The first-order chi connectivity index (χ1) is 8.58. The zero-order valence-electron chi connectivity index (χ0n) is 9.32. The van der Waals surface area contributed by atoms with Crippen molar-refractivity contribution in [3.05, 3.63) is 28.2 Å². The number of benzene rings is 1. The Bertz CT molecular complexity index is 585. The van der Waals surface area contributed by atoms with Crippen molar-refractivity contribution in [2.45, 2.75) is 17.3 Å². The fraction of sp³-hybridized carbons (Fsp3) is 0.182. The number of hydrogen-bond acceptors (Lipinski definition) is 4. The Kier molecular flexibility index (Phi) is 4.12. The molecule has 1 aromatic heterocycles. The molecule has 0 saturated carbocycles. The van der Waals surface area contributed by atoms with Gasteiger partial charge in [-0.25, -0.2) is 4.98 Å². The van der Waals surface area contributed by atoms with E-state index in [-0.39, 0.29) is 5.25 Å². The van der Waals surface area contributed by atoms with E-state index in [2.05, 4.69) is 21.3 Å². The number of nitrogens with one attached hydrogen (secondary N) is 1. The number of aromatic amines is 1. The van der Waals surface area contributed by atoms with E-state index in [0.29, 0.717) is 21.0 Å². The molecule has 18 heavy (non-hydrogen) atoms. The fourth-order valence-electron chi connectivity index (χ4n) is 1.30. The van der Waals surface area contributed by atoms with E-state index in [9.17, 15) is 0 Å². The molecule has 2 rings (SSSR count). The van der Waals surface area contributed by atoms with Gasteiger partial charge in [0.15, 0.2) is 5.82 Å². The van der Waals surface area contributed by atoms with Gasteiger partial charge in [0.2, 0.25) is 5.16 Å². The van der Waals surface area contributed by atoms with Crippen LogP contribution in [0.2, 0.25) is 10.0 Å². The standard InChI is InChI=1S/C11H8Cl2N4S/c1-6(5-14)18-11-15-10(16-17-11)7-2-8(12)4-9(13)3-7/h2-4,6H,1H3,(H,15,16,17)/t6-/m1/s1. The van der Waals surface area contributed by atoms with Crippen LogP contribution in [0.1, 0.15) is 6.92 Å². The lowest BCUT2D eigenvalue weighted by Gasteiger charge is -1.98. The molecular formula is C11H8Cl2N4S. The minimum atomic E-state index is -0.198. The number of thioether (sulfide) groups is 1. The summed E-state index contributed by atoms with van der Waals surface area (Å²) in [6.45, 7) is 1.79. The maximum atomic E-state index is 8.72. The largest absolute Gasteiger partial charge is 0.258 e. The smallest absolute Gasteiger partial charge is 0.210 e. The van der Waals surface area contributed by atoms with E-state index in [1.165, 1.54) is 11.8 Å². The summed E-state index contributed by atoms with van der Waals surface area (Å²) in [6.07, 6.45) is 0. The Morgan fingerprint density at radius 3 is 2.61 bits per heavy atom. The molecular weight excluding hydrogens is 291 g/mol. The minimum absolute atomic E-state index is 0.198. The summed E-state index contributed by atoms with van der Waals surface area (Å²) in [4.78, 5) is 4.28. The summed E-state index contributed by atoms with van der Waals surface area (Å²) >= 11 is 13.1. The van der Waals surface area contributed by atoms with E-state index < -0.39 is 0 Å². The van der Waals surface area contributed by atoms with Crippen molar-refractivity contribution in [1.29, 1.82) is 5.26 Å². The van der Waals surface area contributed by atoms with Crippen LogP contribution in [-0.4, -0.2) is 20.4 Å². The first kappa shape index (κ1) is 13.2. The summed E-state index contributed by atoms with van der Waals surface area (Å²) in [6, 6.07) is 7.25. The molecule has 0 unspecified atom stereocenters. The molecule has 0 aliphatic heterocycles. The quantitative estimate of drug-likeness (QED) is 0.876. The molecule has 2 aromatic rings. The van der Waals surface area contributed by atoms with Crippen LogP contribution < -0.4 is 0 Å². The summed E-state index contributed by atoms with van der Waals surface area (Å²) in [5.74, 6) is 0.576. The van der Waals surface area contributed by atoms with Crippen LogP contribution in [0.3, 0.4) is 0 Å². The van der Waals surface area contributed by atoms with Gasteiger partial charge in [0.1, 0.15) is 0 Å². The van der Waals surface area contributed by atoms with Crippen molar-refractivity contribution < 1.29 is 0 Å². The van der Waals surface area contributed by atoms with Crippen LogP contribution in [0.4, 0.5) is 0 Å². The number of halogens is 2. The number of nitriles is 1. The van der Waals surface area contributed by atoms with Gasteiger partial charge in [-0.3, -0.25) is 5.10 Å². The molecule has 0 bridgehead atoms. The van der Waals surface area contributed by atoms with Crippen molar-refractivity contribution in [2.75, 3.05) is 0 Å². The Hall–Kier alpha value is -1.22. The minimum Gasteiger partial charge on any atom is -0.258 e. The molecule has 92 valence electrons. The lowest BCUT2D eigenvalue weighted by Crippen LogP contribution is -1.90. The van der Waals surface area contributed by atoms with E-state index in [4.69, 9.17) is 28.5 Å². The molecule has 1 heterocycles. The summed E-state index contributed by atoms with van der Waals surface area (Å²) in [5.41, 5.74) is 0.761. The van der Waals surface area contributed by atoms with Crippen molar-refractivity contribution in [3.63, 3.8) is 0 Å². The molecule has 1 atom stereocenters. The van der Waals surface area contributed by atoms with E-state index >= 15 is 0 Å². The number of H-pyrrole nitrogens is 1. The Morgan fingerprint density at radius 2 is 2.00 bits per heavy atom. The Morgan fingerprint density at radius 1 is 1.33 bits per heavy atom. The number of hydrogen-bond donors (Lipinski definition) is 1. The second-order valence-electron chi connectivity index (χ2n) is 3.51. The van der Waals surface area contributed by atoms with Gasteiger partial charge in [-0.1, -0.05) is 35.0 Å². The first-order valence-corrected chi connectivity index (χ1v) is 6.67. The molecule has 0 saturated heterocycles. The van der Waals surface area contributed by atoms with E-state index in [1.807, 2.05) is 0 Å². The van der Waals surface area contributed by atoms with Crippen LogP contribution in [0.15, 0.2) is 23.4 Å². The zero-order valence-corrected chi connectivity index (χ0v) is 11.6. The summed E-state index contributed by atoms with van der Waals surface area (Å²) in [7, 11) is 0. The maximum Gasteiger partial charge on any atom is 0.210 e. The molecule has 1 aromatic carbocycles. The lowest BCUT2D eigenvalue weighted by molar-refractivity contribution is 0.969. The predicted octanol–water partition coefficient (Wildman–Crippen LogP) is 3.78. The van der Waals surface area contributed by atoms with E-state index in [0.717, 1.165) is 5.56 Å². The van der Waals surface area contributed by atoms with Gasteiger partial charge >= 0.3 is 0 Å². The van der Waals surface area contributed by atoms with Crippen LogP contribution in [0.25, 0.3) is 11.4 Å². The van der Waals surface area contributed by atoms with Gasteiger partial charge in [0.05, 0.1) is 11.3 Å². The first-order valence-electron chi connectivity index (χ1n) is 5.03. The van der Waals surface area contributed by atoms with Gasteiger partial charge < -0.3 is 0 Å². The molecule has 0 aliphatic carbocycles. The van der Waals surface area contributed by atoms with Crippen LogP contribution in [-0.2, 0) is 0 Å². The molecule has 4 nitrogen and oxygen atoms in total. The van der Waals surface area contributed by atoms with Gasteiger partial charge in [0, 0.05) is 15.6 Å². The molecule has 0 fully saturated rings. The molecule has 1 N–H and O–H groups in total. The third kappa shape index (κ3) is 3.16. The van der Waals surface area contributed by atoms with Gasteiger partial charge in [-0.15, -0.1) is 5.10 Å². The molecule has 7 heteroatoms. The second kappa shape index (κ2) is 5.61. The highest BCUT2D eigenvalue weighted by Gasteiger charge is 2.10. The third-order valence-corrected chi connectivity index (χ3v) is 3.35. The fourth-order valence-corrected chi connectivity index (χ4v) is 2.44. The van der Waals surface area contributed by atoms with Crippen molar-refractivity contribution in [1.82, 2.24) is 15.2 Å². The van der Waals surface area contributed by atoms with Crippen molar-refractivity contribution >= 4 is 35.0 Å². The SMILES string of the molecule is C[C@H](C#N)Sc1n[nH]c(-c2cc(Cl)cc(Cl)c2)n1. The number of rotatable bonds is 3. The topological polar surface area (TPSA) is 65.4 Å². The Labute approximate surface area is 118 Å². The van der Waals surface area contributed by atoms with Gasteiger partial charge in [-0.2, -0.15) is 5.26 Å². The Balaban J connectivity index is 2.27. The van der Waals surface area contributed by atoms with Crippen molar-refractivity contribution in [2.24, 2.45) is 0 Å².